The Hall–Kier alpha value is -2.44. The van der Waals surface area contributed by atoms with Crippen molar-refractivity contribution >= 4 is 23.3 Å². The third kappa shape index (κ3) is 3.31. The lowest BCUT2D eigenvalue weighted by molar-refractivity contribution is 0.0697. The van der Waals surface area contributed by atoms with Crippen molar-refractivity contribution in [2.75, 3.05) is 5.32 Å². The van der Waals surface area contributed by atoms with Gasteiger partial charge in [-0.1, -0.05) is 29.7 Å². The number of halogens is 1. The largest absolute Gasteiger partial charge is 0.478 e. The highest BCUT2D eigenvalue weighted by molar-refractivity contribution is 6.30. The van der Waals surface area contributed by atoms with E-state index in [0.717, 1.165) is 11.3 Å². The van der Waals surface area contributed by atoms with Crippen molar-refractivity contribution in [1.82, 2.24) is 0 Å². The number of aromatic carboxylic acids is 1. The molecule has 20 heavy (non-hydrogen) atoms. The average Bonchev–Trinajstić information content (AvgIpc) is 2.45. The van der Waals surface area contributed by atoms with E-state index >= 15 is 0 Å². The quantitative estimate of drug-likeness (QED) is 0.840. The summed E-state index contributed by atoms with van der Waals surface area (Å²) in [6, 6.07) is 13.4. The molecule has 100 valence electrons. The first-order valence-electron chi connectivity index (χ1n) is 5.91. The zero-order valence-electron chi connectivity index (χ0n) is 10.5. The molecule has 2 aromatic carbocycles. The second kappa shape index (κ2) is 6.14. The Morgan fingerprint density at radius 3 is 2.50 bits per heavy atom. The Kier molecular flexibility index (Phi) is 4.29. The summed E-state index contributed by atoms with van der Waals surface area (Å²) in [5.41, 5.74) is 1.86. The molecule has 0 aromatic heterocycles. The van der Waals surface area contributed by atoms with E-state index in [1.165, 1.54) is 12.1 Å². The summed E-state index contributed by atoms with van der Waals surface area (Å²) in [6.07, 6.45) is 5.53. The summed E-state index contributed by atoms with van der Waals surface area (Å²) in [7, 11) is 0. The van der Waals surface area contributed by atoms with Gasteiger partial charge in [-0.05, 0) is 42.0 Å². The van der Waals surface area contributed by atoms with Crippen LogP contribution in [0.4, 0.5) is 5.69 Å². The molecular weight excluding hydrogens is 274 g/mol. The van der Waals surface area contributed by atoms with Gasteiger partial charge in [0.1, 0.15) is 6.04 Å². The number of terminal acetylenes is 1. The van der Waals surface area contributed by atoms with Gasteiger partial charge in [0.15, 0.2) is 0 Å². The molecule has 0 heterocycles. The zero-order chi connectivity index (χ0) is 14.5. The standard InChI is InChI=1S/C16H12ClNO2/c1-2-15(12-4-3-5-13(17)10-12)18-14-8-6-11(7-9-14)16(19)20/h1,3-10,15,18H,(H,19,20). The molecule has 3 nitrogen and oxygen atoms in total. The molecule has 0 fully saturated rings. The molecule has 0 bridgehead atoms. The number of hydrogen-bond acceptors (Lipinski definition) is 2. The first-order chi connectivity index (χ1) is 9.60. The van der Waals surface area contributed by atoms with Gasteiger partial charge in [0.2, 0.25) is 0 Å². The van der Waals surface area contributed by atoms with E-state index < -0.39 is 5.97 Å². The predicted molar refractivity (Wildman–Crippen MR) is 80.1 cm³/mol. The highest BCUT2D eigenvalue weighted by Crippen LogP contribution is 2.22. The molecule has 1 atom stereocenters. The van der Waals surface area contributed by atoms with E-state index in [9.17, 15) is 4.79 Å². The summed E-state index contributed by atoms with van der Waals surface area (Å²) >= 11 is 5.94. The van der Waals surface area contributed by atoms with Crippen LogP contribution in [-0.4, -0.2) is 11.1 Å². The van der Waals surface area contributed by atoms with Crippen LogP contribution < -0.4 is 5.32 Å². The third-order valence-electron chi connectivity index (χ3n) is 2.79. The summed E-state index contributed by atoms with van der Waals surface area (Å²) in [5.74, 6) is 1.69. The second-order valence-electron chi connectivity index (χ2n) is 4.18. The molecule has 1 unspecified atom stereocenters. The van der Waals surface area contributed by atoms with Crippen molar-refractivity contribution in [3.05, 3.63) is 64.7 Å². The fraction of sp³-hybridized carbons (Fsp3) is 0.0625. The van der Waals surface area contributed by atoms with Crippen LogP contribution in [0.2, 0.25) is 5.02 Å². The minimum atomic E-state index is -0.958. The maximum Gasteiger partial charge on any atom is 0.335 e. The third-order valence-corrected chi connectivity index (χ3v) is 3.03. The second-order valence-corrected chi connectivity index (χ2v) is 4.62. The molecule has 0 spiro atoms. The van der Waals surface area contributed by atoms with E-state index in [4.69, 9.17) is 23.1 Å². The van der Waals surface area contributed by atoms with Gasteiger partial charge < -0.3 is 10.4 Å². The SMILES string of the molecule is C#CC(Nc1ccc(C(=O)O)cc1)c1cccc(Cl)c1. The monoisotopic (exact) mass is 285 g/mol. The molecule has 0 saturated heterocycles. The lowest BCUT2D eigenvalue weighted by Crippen LogP contribution is -2.08. The van der Waals surface area contributed by atoms with Crippen LogP contribution in [0.3, 0.4) is 0 Å². The number of hydrogen-bond donors (Lipinski definition) is 2. The molecule has 0 aliphatic heterocycles. The summed E-state index contributed by atoms with van der Waals surface area (Å²) in [4.78, 5) is 10.8. The lowest BCUT2D eigenvalue weighted by Gasteiger charge is -2.15. The molecule has 0 radical (unpaired) electrons. The highest BCUT2D eigenvalue weighted by atomic mass is 35.5. The van der Waals surface area contributed by atoms with Gasteiger partial charge in [-0.3, -0.25) is 0 Å². The van der Waals surface area contributed by atoms with Crippen molar-refractivity contribution in [3.8, 4) is 12.3 Å². The maximum atomic E-state index is 10.8. The summed E-state index contributed by atoms with van der Waals surface area (Å²) < 4.78 is 0. The minimum absolute atomic E-state index is 0.232. The number of carbonyl (C=O) groups is 1. The van der Waals surface area contributed by atoms with Crippen LogP contribution in [0, 0.1) is 12.3 Å². The maximum absolute atomic E-state index is 10.8. The highest BCUT2D eigenvalue weighted by Gasteiger charge is 2.09. The average molecular weight is 286 g/mol. The molecule has 0 aliphatic rings. The van der Waals surface area contributed by atoms with Crippen LogP contribution in [0.5, 0.6) is 0 Å². The van der Waals surface area contributed by atoms with Crippen molar-refractivity contribution in [1.29, 1.82) is 0 Å². The van der Waals surface area contributed by atoms with Crippen molar-refractivity contribution in [2.24, 2.45) is 0 Å². The van der Waals surface area contributed by atoms with Gasteiger partial charge in [0, 0.05) is 10.7 Å². The van der Waals surface area contributed by atoms with Crippen LogP contribution >= 0.6 is 11.6 Å². The number of carboxylic acids is 1. The fourth-order valence-electron chi connectivity index (χ4n) is 1.78. The lowest BCUT2D eigenvalue weighted by atomic mass is 10.1. The van der Waals surface area contributed by atoms with E-state index in [0.29, 0.717) is 5.02 Å². The minimum Gasteiger partial charge on any atom is -0.478 e. The molecule has 4 heteroatoms. The normalized spacial score (nSPS) is 11.4. The van der Waals surface area contributed by atoms with Crippen molar-refractivity contribution in [3.63, 3.8) is 0 Å². The van der Waals surface area contributed by atoms with Gasteiger partial charge in [-0.25, -0.2) is 4.79 Å². The van der Waals surface area contributed by atoms with Crippen LogP contribution in [0.25, 0.3) is 0 Å². The van der Waals surface area contributed by atoms with Crippen molar-refractivity contribution < 1.29 is 9.90 Å². The van der Waals surface area contributed by atoms with Gasteiger partial charge in [0.25, 0.3) is 0 Å². The van der Waals surface area contributed by atoms with Crippen molar-refractivity contribution in [2.45, 2.75) is 6.04 Å². The van der Waals surface area contributed by atoms with Gasteiger partial charge in [-0.2, -0.15) is 0 Å². The zero-order valence-corrected chi connectivity index (χ0v) is 11.3. The number of nitrogens with one attached hydrogen (secondary N) is 1. The van der Waals surface area contributed by atoms with E-state index in [1.807, 2.05) is 12.1 Å². The van der Waals surface area contributed by atoms with E-state index in [1.54, 1.807) is 24.3 Å². The Balaban J connectivity index is 2.18. The number of rotatable bonds is 4. The number of benzene rings is 2. The Morgan fingerprint density at radius 1 is 1.25 bits per heavy atom. The molecule has 0 aliphatic carbocycles. The molecular formula is C16H12ClNO2. The van der Waals surface area contributed by atoms with Crippen LogP contribution in [0.1, 0.15) is 22.0 Å². The first kappa shape index (κ1) is 14.0. The molecule has 2 N–H and O–H groups in total. The van der Waals surface area contributed by atoms with Crippen LogP contribution in [-0.2, 0) is 0 Å². The Labute approximate surface area is 122 Å². The molecule has 2 rings (SSSR count). The van der Waals surface area contributed by atoms with Crippen LogP contribution in [0.15, 0.2) is 48.5 Å². The topological polar surface area (TPSA) is 49.3 Å². The molecule has 2 aromatic rings. The van der Waals surface area contributed by atoms with E-state index in [-0.39, 0.29) is 11.6 Å². The Morgan fingerprint density at radius 2 is 1.95 bits per heavy atom. The predicted octanol–water partition coefficient (Wildman–Crippen LogP) is 3.82. The first-order valence-corrected chi connectivity index (χ1v) is 6.29. The van der Waals surface area contributed by atoms with Gasteiger partial charge in [-0.15, -0.1) is 6.42 Å². The molecule has 0 saturated carbocycles. The van der Waals surface area contributed by atoms with E-state index in [2.05, 4.69) is 11.2 Å². The summed E-state index contributed by atoms with van der Waals surface area (Å²) in [6.45, 7) is 0. The fourth-order valence-corrected chi connectivity index (χ4v) is 1.98. The Bertz CT molecular complexity index is 659. The number of anilines is 1. The smallest absolute Gasteiger partial charge is 0.335 e. The van der Waals surface area contributed by atoms with Gasteiger partial charge >= 0.3 is 5.97 Å². The van der Waals surface area contributed by atoms with Gasteiger partial charge in [0.05, 0.1) is 5.56 Å². The summed E-state index contributed by atoms with van der Waals surface area (Å²) in [5, 5.41) is 12.6. The number of carboxylic acid groups (broad SMARTS) is 1. The molecule has 0 amide bonds.